The third-order valence-electron chi connectivity index (χ3n) is 3.80. The highest BCUT2D eigenvalue weighted by Gasteiger charge is 2.31. The predicted molar refractivity (Wildman–Crippen MR) is 73.6 cm³/mol. The van der Waals surface area contributed by atoms with Crippen LogP contribution in [-0.4, -0.2) is 15.6 Å². The van der Waals surface area contributed by atoms with Gasteiger partial charge < -0.3 is 9.67 Å². The average molecular weight is 255 g/mol. The van der Waals surface area contributed by atoms with E-state index in [4.69, 9.17) is 0 Å². The minimum absolute atomic E-state index is 0.435. The molecule has 1 saturated carbocycles. The fourth-order valence-electron chi connectivity index (χ4n) is 2.59. The maximum absolute atomic E-state index is 11.3. The Labute approximate surface area is 112 Å². The quantitative estimate of drug-likeness (QED) is 0.909. The number of hydrogen-bond donors (Lipinski definition) is 1. The van der Waals surface area contributed by atoms with Gasteiger partial charge in [0.05, 0.1) is 5.56 Å². The van der Waals surface area contributed by atoms with E-state index in [-0.39, 0.29) is 0 Å². The highest BCUT2D eigenvalue weighted by molar-refractivity contribution is 5.89. The molecule has 0 saturated heterocycles. The summed E-state index contributed by atoms with van der Waals surface area (Å²) in [5.41, 5.74) is 3.96. The van der Waals surface area contributed by atoms with Crippen molar-refractivity contribution in [1.82, 2.24) is 4.57 Å². The van der Waals surface area contributed by atoms with E-state index < -0.39 is 5.97 Å². The van der Waals surface area contributed by atoms with Gasteiger partial charge in [-0.25, -0.2) is 4.79 Å². The molecule has 0 amide bonds. The molecule has 19 heavy (non-hydrogen) atoms. The van der Waals surface area contributed by atoms with Crippen LogP contribution in [0.3, 0.4) is 0 Å². The van der Waals surface area contributed by atoms with Gasteiger partial charge in [0, 0.05) is 24.4 Å². The maximum Gasteiger partial charge on any atom is 0.337 e. The molecule has 3 nitrogen and oxygen atoms in total. The van der Waals surface area contributed by atoms with Crippen LogP contribution in [-0.2, 0) is 6.54 Å². The van der Waals surface area contributed by atoms with Crippen LogP contribution in [0.4, 0.5) is 0 Å². The zero-order valence-electron chi connectivity index (χ0n) is 11.0. The Hall–Kier alpha value is -2.03. The third kappa shape index (κ3) is 2.28. The Morgan fingerprint density at radius 2 is 2.05 bits per heavy atom. The highest BCUT2D eigenvalue weighted by Crippen LogP contribution is 2.42. The van der Waals surface area contributed by atoms with E-state index in [1.807, 2.05) is 18.3 Å². The lowest BCUT2D eigenvalue weighted by Gasteiger charge is -2.11. The van der Waals surface area contributed by atoms with Crippen LogP contribution < -0.4 is 0 Å². The summed E-state index contributed by atoms with van der Waals surface area (Å²) in [6, 6.07) is 9.98. The molecule has 1 heterocycles. The summed E-state index contributed by atoms with van der Waals surface area (Å²) in [5, 5.41) is 9.26. The van der Waals surface area contributed by atoms with Crippen LogP contribution in [0.5, 0.6) is 0 Å². The molecule has 0 spiro atoms. The second-order valence-corrected chi connectivity index (χ2v) is 5.25. The van der Waals surface area contributed by atoms with E-state index in [1.54, 1.807) is 6.07 Å². The van der Waals surface area contributed by atoms with Crippen LogP contribution in [0.1, 0.15) is 45.9 Å². The summed E-state index contributed by atoms with van der Waals surface area (Å²) in [6.45, 7) is 2.85. The minimum Gasteiger partial charge on any atom is -0.478 e. The number of aromatic carboxylic acids is 1. The summed E-state index contributed by atoms with van der Waals surface area (Å²) in [5.74, 6) is -0.379. The molecule has 0 radical (unpaired) electrons. The van der Waals surface area contributed by atoms with E-state index in [2.05, 4.69) is 23.6 Å². The van der Waals surface area contributed by atoms with Gasteiger partial charge in [0.1, 0.15) is 0 Å². The highest BCUT2D eigenvalue weighted by atomic mass is 16.4. The Balaban J connectivity index is 1.97. The fraction of sp³-hybridized carbons (Fsp3) is 0.312. The van der Waals surface area contributed by atoms with Crippen molar-refractivity contribution in [2.45, 2.75) is 32.2 Å². The average Bonchev–Trinajstić information content (AvgIpc) is 3.13. The van der Waals surface area contributed by atoms with Gasteiger partial charge in [0.2, 0.25) is 0 Å². The molecule has 1 fully saturated rings. The van der Waals surface area contributed by atoms with Crippen molar-refractivity contribution in [3.05, 3.63) is 58.9 Å². The number of nitrogens with zero attached hydrogens (tertiary/aromatic N) is 1. The number of benzene rings is 1. The number of hydrogen-bond acceptors (Lipinski definition) is 1. The standard InChI is InChI=1S/C16H17NO2/c1-11-4-2-3-5-13(11)10-17-9-8-14(16(18)19)15(17)12-6-7-12/h2-5,8-9,12H,6-7,10H2,1H3,(H,18,19). The summed E-state index contributed by atoms with van der Waals surface area (Å²) >= 11 is 0. The Morgan fingerprint density at radius 3 is 2.68 bits per heavy atom. The van der Waals surface area contributed by atoms with Gasteiger partial charge in [-0.3, -0.25) is 0 Å². The van der Waals surface area contributed by atoms with Crippen molar-refractivity contribution in [3.8, 4) is 0 Å². The summed E-state index contributed by atoms with van der Waals surface area (Å²) in [6.07, 6.45) is 4.12. The first-order valence-electron chi connectivity index (χ1n) is 6.63. The zero-order chi connectivity index (χ0) is 13.4. The molecule has 1 aromatic carbocycles. The number of carboxylic acid groups (broad SMARTS) is 1. The lowest BCUT2D eigenvalue weighted by atomic mass is 10.1. The lowest BCUT2D eigenvalue weighted by molar-refractivity contribution is 0.0695. The van der Waals surface area contributed by atoms with Crippen molar-refractivity contribution in [3.63, 3.8) is 0 Å². The first-order chi connectivity index (χ1) is 9.16. The van der Waals surface area contributed by atoms with Gasteiger partial charge in [-0.05, 0) is 37.0 Å². The molecule has 0 bridgehead atoms. The molecule has 98 valence electrons. The summed E-state index contributed by atoms with van der Waals surface area (Å²) < 4.78 is 2.10. The molecule has 1 aliphatic rings. The predicted octanol–water partition coefficient (Wildman–Crippen LogP) is 3.42. The molecule has 3 rings (SSSR count). The Morgan fingerprint density at radius 1 is 1.32 bits per heavy atom. The maximum atomic E-state index is 11.3. The van der Waals surface area contributed by atoms with E-state index in [0.29, 0.717) is 11.5 Å². The van der Waals surface area contributed by atoms with Gasteiger partial charge in [0.15, 0.2) is 0 Å². The molecule has 0 aliphatic heterocycles. The second-order valence-electron chi connectivity index (χ2n) is 5.25. The first kappa shape index (κ1) is 12.0. The third-order valence-corrected chi connectivity index (χ3v) is 3.80. The van der Waals surface area contributed by atoms with Gasteiger partial charge >= 0.3 is 5.97 Å². The lowest BCUT2D eigenvalue weighted by Crippen LogP contribution is -2.07. The van der Waals surface area contributed by atoms with Gasteiger partial charge in [-0.15, -0.1) is 0 Å². The van der Waals surface area contributed by atoms with Crippen LogP contribution in [0.2, 0.25) is 0 Å². The molecular weight excluding hydrogens is 238 g/mol. The number of rotatable bonds is 4. The summed E-state index contributed by atoms with van der Waals surface area (Å²) in [7, 11) is 0. The van der Waals surface area contributed by atoms with Gasteiger partial charge in [-0.2, -0.15) is 0 Å². The molecule has 3 heteroatoms. The topological polar surface area (TPSA) is 42.2 Å². The van der Waals surface area contributed by atoms with Crippen molar-refractivity contribution in [2.75, 3.05) is 0 Å². The zero-order valence-corrected chi connectivity index (χ0v) is 11.0. The summed E-state index contributed by atoms with van der Waals surface area (Å²) in [4.78, 5) is 11.3. The first-order valence-corrected chi connectivity index (χ1v) is 6.63. The monoisotopic (exact) mass is 255 g/mol. The number of carboxylic acids is 1. The second kappa shape index (κ2) is 4.57. The van der Waals surface area contributed by atoms with Crippen LogP contribution in [0.25, 0.3) is 0 Å². The SMILES string of the molecule is Cc1ccccc1Cn1ccc(C(=O)O)c1C1CC1. The Kier molecular flexibility index (Phi) is 2.90. The molecule has 1 aromatic heterocycles. The number of aromatic nitrogens is 1. The van der Waals surface area contributed by atoms with Crippen molar-refractivity contribution < 1.29 is 9.90 Å². The fourth-order valence-corrected chi connectivity index (χ4v) is 2.59. The van der Waals surface area contributed by atoms with E-state index in [9.17, 15) is 9.90 Å². The van der Waals surface area contributed by atoms with Crippen LogP contribution >= 0.6 is 0 Å². The van der Waals surface area contributed by atoms with Crippen molar-refractivity contribution in [2.24, 2.45) is 0 Å². The minimum atomic E-state index is -0.814. The van der Waals surface area contributed by atoms with Crippen molar-refractivity contribution >= 4 is 5.97 Å². The van der Waals surface area contributed by atoms with Crippen molar-refractivity contribution in [1.29, 1.82) is 0 Å². The molecule has 2 aromatic rings. The molecule has 1 N–H and O–H groups in total. The van der Waals surface area contributed by atoms with Gasteiger partial charge in [0.25, 0.3) is 0 Å². The largest absolute Gasteiger partial charge is 0.478 e. The molecule has 0 atom stereocenters. The molecular formula is C16H17NO2. The number of carbonyl (C=O) groups is 1. The number of aryl methyl sites for hydroxylation is 1. The Bertz CT molecular complexity index is 623. The van der Waals surface area contributed by atoms with Gasteiger partial charge in [-0.1, -0.05) is 24.3 Å². The van der Waals surface area contributed by atoms with E-state index in [1.165, 1.54) is 11.1 Å². The van der Waals surface area contributed by atoms with Crippen LogP contribution in [0.15, 0.2) is 36.5 Å². The van der Waals surface area contributed by atoms with Crippen LogP contribution in [0, 0.1) is 6.92 Å². The smallest absolute Gasteiger partial charge is 0.337 e. The van der Waals surface area contributed by atoms with E-state index in [0.717, 1.165) is 25.1 Å². The molecule has 1 aliphatic carbocycles. The molecule has 0 unspecified atom stereocenters. The normalized spacial score (nSPS) is 14.6. The van der Waals surface area contributed by atoms with E-state index >= 15 is 0 Å².